The van der Waals surface area contributed by atoms with E-state index in [4.69, 9.17) is 5.11 Å². The largest absolute Gasteiger partial charge is 0.392 e. The first-order chi connectivity index (χ1) is 4.78. The zero-order valence-corrected chi connectivity index (χ0v) is 6.22. The van der Waals surface area contributed by atoms with E-state index >= 15 is 0 Å². The number of hydrogen-bond acceptors (Lipinski definition) is 1. The van der Waals surface area contributed by atoms with Crippen LogP contribution in [0.25, 0.3) is 0 Å². The SMILES string of the molecule is CC12C3=C(CO)C1CC2C3. The summed E-state index contributed by atoms with van der Waals surface area (Å²) in [5, 5.41) is 8.96. The lowest BCUT2D eigenvalue weighted by molar-refractivity contribution is -0.0927. The molecule has 3 aliphatic carbocycles. The van der Waals surface area contributed by atoms with Crippen molar-refractivity contribution in [1.82, 2.24) is 0 Å². The van der Waals surface area contributed by atoms with Gasteiger partial charge in [-0.25, -0.2) is 0 Å². The Balaban J connectivity index is 2.07. The molecule has 3 unspecified atom stereocenters. The van der Waals surface area contributed by atoms with Crippen LogP contribution in [0.2, 0.25) is 0 Å². The Kier molecular flexibility index (Phi) is 0.646. The first-order valence-electron chi connectivity index (χ1n) is 4.11. The zero-order valence-electron chi connectivity index (χ0n) is 6.22. The Morgan fingerprint density at radius 3 is 2.70 bits per heavy atom. The van der Waals surface area contributed by atoms with Crippen molar-refractivity contribution < 1.29 is 5.11 Å². The van der Waals surface area contributed by atoms with Crippen LogP contribution in [0.5, 0.6) is 0 Å². The van der Waals surface area contributed by atoms with E-state index in [1.54, 1.807) is 5.57 Å². The number of aliphatic hydroxyl groups excluding tert-OH is 1. The van der Waals surface area contributed by atoms with Crippen LogP contribution >= 0.6 is 0 Å². The lowest BCUT2D eigenvalue weighted by atomic mass is 9.31. The first-order valence-corrected chi connectivity index (χ1v) is 4.11. The van der Waals surface area contributed by atoms with E-state index in [9.17, 15) is 0 Å². The number of rotatable bonds is 1. The molecule has 3 atom stereocenters. The minimum Gasteiger partial charge on any atom is -0.392 e. The Hall–Kier alpha value is -0.300. The molecule has 0 amide bonds. The Morgan fingerprint density at radius 1 is 1.70 bits per heavy atom. The summed E-state index contributed by atoms with van der Waals surface area (Å²) < 4.78 is 0. The van der Waals surface area contributed by atoms with Gasteiger partial charge in [0.15, 0.2) is 0 Å². The zero-order chi connectivity index (χ0) is 6.93. The van der Waals surface area contributed by atoms with Crippen molar-refractivity contribution in [2.24, 2.45) is 17.3 Å². The molecule has 0 aliphatic heterocycles. The second-order valence-corrected chi connectivity index (χ2v) is 4.13. The molecule has 2 fully saturated rings. The lowest BCUT2D eigenvalue weighted by Gasteiger charge is -2.73. The van der Waals surface area contributed by atoms with Gasteiger partial charge in [-0.1, -0.05) is 12.5 Å². The normalized spacial score (nSPS) is 54.6. The lowest BCUT2D eigenvalue weighted by Crippen LogP contribution is -2.65. The predicted octanol–water partition coefficient (Wildman–Crippen LogP) is 1.33. The summed E-state index contributed by atoms with van der Waals surface area (Å²) in [5.74, 6) is 1.80. The van der Waals surface area contributed by atoms with Crippen LogP contribution < -0.4 is 0 Å². The van der Waals surface area contributed by atoms with E-state index in [1.165, 1.54) is 18.4 Å². The molecule has 0 saturated heterocycles. The van der Waals surface area contributed by atoms with E-state index in [-0.39, 0.29) is 0 Å². The maximum atomic E-state index is 8.96. The van der Waals surface area contributed by atoms with Crippen molar-refractivity contribution in [2.45, 2.75) is 19.8 Å². The Morgan fingerprint density at radius 2 is 2.50 bits per heavy atom. The van der Waals surface area contributed by atoms with Gasteiger partial charge in [0, 0.05) is 0 Å². The van der Waals surface area contributed by atoms with Gasteiger partial charge in [0.2, 0.25) is 0 Å². The molecule has 10 heavy (non-hydrogen) atoms. The third-order valence-electron chi connectivity index (χ3n) is 4.17. The summed E-state index contributed by atoms with van der Waals surface area (Å²) in [4.78, 5) is 0. The summed E-state index contributed by atoms with van der Waals surface area (Å²) in [5.41, 5.74) is 3.61. The molecule has 1 heteroatoms. The molecule has 0 aromatic carbocycles. The highest BCUT2D eigenvalue weighted by Gasteiger charge is 2.68. The van der Waals surface area contributed by atoms with Crippen LogP contribution in [0.4, 0.5) is 0 Å². The number of allylic oxidation sites excluding steroid dienone is 1. The quantitative estimate of drug-likeness (QED) is 0.539. The van der Waals surface area contributed by atoms with Crippen LogP contribution in [0.15, 0.2) is 11.1 Å². The molecular weight excluding hydrogens is 124 g/mol. The van der Waals surface area contributed by atoms with E-state index in [0.717, 1.165) is 11.8 Å². The molecule has 0 bridgehead atoms. The summed E-state index contributed by atoms with van der Waals surface area (Å²) in [7, 11) is 0. The fraction of sp³-hybridized carbons (Fsp3) is 0.778. The highest BCUT2D eigenvalue weighted by Crippen LogP contribution is 2.77. The van der Waals surface area contributed by atoms with Gasteiger partial charge in [0.25, 0.3) is 0 Å². The van der Waals surface area contributed by atoms with Crippen LogP contribution in [0.3, 0.4) is 0 Å². The van der Waals surface area contributed by atoms with Gasteiger partial charge in [-0.15, -0.1) is 0 Å². The van der Waals surface area contributed by atoms with Crippen LogP contribution in [0.1, 0.15) is 19.8 Å². The highest BCUT2D eigenvalue weighted by atomic mass is 16.3. The minimum absolute atomic E-state index is 0.336. The fourth-order valence-electron chi connectivity index (χ4n) is 3.30. The van der Waals surface area contributed by atoms with Gasteiger partial charge >= 0.3 is 0 Å². The molecule has 2 saturated carbocycles. The van der Waals surface area contributed by atoms with Gasteiger partial charge in [-0.3, -0.25) is 0 Å². The van der Waals surface area contributed by atoms with Gasteiger partial charge in [0.05, 0.1) is 6.61 Å². The molecule has 54 valence electrons. The maximum absolute atomic E-state index is 8.96. The Bertz CT molecular complexity index is 241. The van der Waals surface area contributed by atoms with Crippen molar-refractivity contribution in [3.63, 3.8) is 0 Å². The number of hydrogen-bond donors (Lipinski definition) is 1. The maximum Gasteiger partial charge on any atom is 0.0647 e. The number of aliphatic hydroxyl groups is 1. The molecule has 1 nitrogen and oxygen atoms in total. The average Bonchev–Trinajstić information content (AvgIpc) is 2.04. The van der Waals surface area contributed by atoms with E-state index in [0.29, 0.717) is 12.0 Å². The molecule has 0 aromatic rings. The van der Waals surface area contributed by atoms with Crippen LogP contribution in [0, 0.1) is 17.3 Å². The topological polar surface area (TPSA) is 20.2 Å². The molecule has 1 N–H and O–H groups in total. The summed E-state index contributed by atoms with van der Waals surface area (Å²) >= 11 is 0. The van der Waals surface area contributed by atoms with Crippen molar-refractivity contribution in [3.8, 4) is 0 Å². The van der Waals surface area contributed by atoms with E-state index < -0.39 is 0 Å². The molecule has 0 aromatic heterocycles. The molecule has 3 rings (SSSR count). The van der Waals surface area contributed by atoms with Crippen molar-refractivity contribution >= 4 is 0 Å². The minimum atomic E-state index is 0.336. The smallest absolute Gasteiger partial charge is 0.0647 e. The van der Waals surface area contributed by atoms with Gasteiger partial charge in [-0.2, -0.15) is 0 Å². The fourth-order valence-corrected chi connectivity index (χ4v) is 3.30. The molecule has 0 radical (unpaired) electrons. The summed E-state index contributed by atoms with van der Waals surface area (Å²) in [6.45, 7) is 2.70. The Labute approximate surface area is 60.7 Å². The van der Waals surface area contributed by atoms with Crippen molar-refractivity contribution in [2.75, 3.05) is 6.61 Å². The molecule has 0 spiro atoms. The second-order valence-electron chi connectivity index (χ2n) is 4.13. The first kappa shape index (κ1) is 5.36. The summed E-state index contributed by atoms with van der Waals surface area (Å²) in [6, 6.07) is 0. The molecule has 0 heterocycles. The van der Waals surface area contributed by atoms with Crippen LogP contribution in [-0.2, 0) is 0 Å². The van der Waals surface area contributed by atoms with E-state index in [2.05, 4.69) is 6.92 Å². The highest BCUT2D eigenvalue weighted by molar-refractivity contribution is 5.51. The monoisotopic (exact) mass is 136 g/mol. The predicted molar refractivity (Wildman–Crippen MR) is 38.4 cm³/mol. The molecule has 3 aliphatic rings. The van der Waals surface area contributed by atoms with Gasteiger partial charge in [-0.05, 0) is 35.7 Å². The van der Waals surface area contributed by atoms with Crippen molar-refractivity contribution in [3.05, 3.63) is 11.1 Å². The van der Waals surface area contributed by atoms with Crippen molar-refractivity contribution in [1.29, 1.82) is 0 Å². The average molecular weight is 136 g/mol. The van der Waals surface area contributed by atoms with Crippen LogP contribution in [-0.4, -0.2) is 11.7 Å². The van der Waals surface area contributed by atoms with Gasteiger partial charge in [0.1, 0.15) is 0 Å². The second kappa shape index (κ2) is 1.20. The third kappa shape index (κ3) is 0.271. The molecular formula is C9H12O. The summed E-state index contributed by atoms with van der Waals surface area (Å²) in [6.07, 6.45) is 2.68. The standard InChI is InChI=1S/C9H12O/c1-9-5-2-7(9)6(4-10)8(9)3-5/h5,7,10H,2-4H2,1H3. The third-order valence-corrected chi connectivity index (χ3v) is 4.17. The van der Waals surface area contributed by atoms with Gasteiger partial charge < -0.3 is 5.11 Å². The van der Waals surface area contributed by atoms with E-state index in [1.807, 2.05) is 0 Å².